The van der Waals surface area contributed by atoms with E-state index in [9.17, 15) is 4.79 Å². The van der Waals surface area contributed by atoms with Gasteiger partial charge < -0.3 is 14.8 Å². The van der Waals surface area contributed by atoms with Crippen LogP contribution in [-0.4, -0.2) is 29.9 Å². The van der Waals surface area contributed by atoms with Crippen LogP contribution in [-0.2, 0) is 17.8 Å². The van der Waals surface area contributed by atoms with E-state index in [0.717, 1.165) is 17.0 Å². The average Bonchev–Trinajstić information content (AvgIpc) is 2.91. The van der Waals surface area contributed by atoms with Crippen molar-refractivity contribution in [3.8, 4) is 17.6 Å². The fraction of sp³-hybridized carbons (Fsp3) is 0.421. The van der Waals surface area contributed by atoms with Crippen LogP contribution in [0.4, 0.5) is 5.69 Å². The van der Waals surface area contributed by atoms with Gasteiger partial charge in [-0.2, -0.15) is 10.4 Å². The number of halogens is 1. The first-order valence-electron chi connectivity index (χ1n) is 8.52. The number of nitrogens with zero attached hydrogens (tertiary/aromatic N) is 3. The fourth-order valence-electron chi connectivity index (χ4n) is 2.88. The molecule has 1 amide bonds. The van der Waals surface area contributed by atoms with E-state index in [1.165, 1.54) is 14.2 Å². The minimum absolute atomic E-state index is 0.155. The second-order valence-electron chi connectivity index (χ2n) is 6.02. The van der Waals surface area contributed by atoms with Crippen molar-refractivity contribution in [2.45, 2.75) is 39.7 Å². The first-order valence-corrected chi connectivity index (χ1v) is 8.90. The zero-order valence-corrected chi connectivity index (χ0v) is 16.7. The van der Waals surface area contributed by atoms with E-state index in [-0.39, 0.29) is 5.91 Å². The molecular weight excluding hydrogens is 368 g/mol. The SMILES string of the molecule is COc1cc(OC)c(NC(=O)CCc2c(C)nn(CCC#N)c2C)cc1Cl. The highest BCUT2D eigenvalue weighted by molar-refractivity contribution is 6.32. The average molecular weight is 391 g/mol. The highest BCUT2D eigenvalue weighted by Gasteiger charge is 2.15. The zero-order valence-electron chi connectivity index (χ0n) is 15.9. The van der Waals surface area contributed by atoms with Crippen LogP contribution < -0.4 is 14.8 Å². The third kappa shape index (κ3) is 4.92. The minimum Gasteiger partial charge on any atom is -0.495 e. The number of nitriles is 1. The lowest BCUT2D eigenvalue weighted by molar-refractivity contribution is -0.116. The van der Waals surface area contributed by atoms with Crippen LogP contribution in [0.5, 0.6) is 11.5 Å². The predicted molar refractivity (Wildman–Crippen MR) is 103 cm³/mol. The molecule has 0 saturated carbocycles. The second kappa shape index (κ2) is 9.28. The monoisotopic (exact) mass is 390 g/mol. The summed E-state index contributed by atoms with van der Waals surface area (Å²) in [6, 6.07) is 5.35. The number of aryl methyl sites for hydroxylation is 2. The molecule has 1 aromatic heterocycles. The maximum atomic E-state index is 12.4. The van der Waals surface area contributed by atoms with Gasteiger partial charge in [-0.15, -0.1) is 0 Å². The Kier molecular flexibility index (Phi) is 7.08. The molecule has 0 radical (unpaired) electrons. The number of hydrogen-bond donors (Lipinski definition) is 1. The summed E-state index contributed by atoms with van der Waals surface area (Å²) < 4.78 is 12.3. The van der Waals surface area contributed by atoms with Crippen LogP contribution in [0.3, 0.4) is 0 Å². The molecule has 0 bridgehead atoms. The van der Waals surface area contributed by atoms with Gasteiger partial charge in [0.25, 0.3) is 0 Å². The number of amides is 1. The lowest BCUT2D eigenvalue weighted by Crippen LogP contribution is -2.13. The normalized spacial score (nSPS) is 10.4. The summed E-state index contributed by atoms with van der Waals surface area (Å²) in [6.45, 7) is 4.42. The number of benzene rings is 1. The molecule has 8 heteroatoms. The zero-order chi connectivity index (χ0) is 20.0. The summed E-state index contributed by atoms with van der Waals surface area (Å²) in [6.07, 6.45) is 1.25. The molecule has 1 heterocycles. The van der Waals surface area contributed by atoms with Crippen molar-refractivity contribution < 1.29 is 14.3 Å². The van der Waals surface area contributed by atoms with E-state index in [1.54, 1.807) is 12.1 Å². The number of hydrogen-bond acceptors (Lipinski definition) is 5. The van der Waals surface area contributed by atoms with Crippen molar-refractivity contribution >= 4 is 23.2 Å². The molecule has 7 nitrogen and oxygen atoms in total. The Morgan fingerprint density at radius 1 is 1.30 bits per heavy atom. The Bertz CT molecular complexity index is 871. The Morgan fingerprint density at radius 3 is 2.63 bits per heavy atom. The number of carbonyl (C=O) groups is 1. The van der Waals surface area contributed by atoms with E-state index >= 15 is 0 Å². The summed E-state index contributed by atoms with van der Waals surface area (Å²) in [5.41, 5.74) is 3.39. The number of nitrogens with one attached hydrogen (secondary N) is 1. The molecule has 2 rings (SSSR count). The molecular formula is C19H23ClN4O3. The van der Waals surface area contributed by atoms with E-state index in [0.29, 0.717) is 48.0 Å². The first-order chi connectivity index (χ1) is 12.9. The molecule has 0 aliphatic carbocycles. The van der Waals surface area contributed by atoms with Gasteiger partial charge in [-0.3, -0.25) is 9.48 Å². The molecule has 1 N–H and O–H groups in total. The van der Waals surface area contributed by atoms with Gasteiger partial charge in [-0.1, -0.05) is 11.6 Å². The van der Waals surface area contributed by atoms with Crippen molar-refractivity contribution in [2.24, 2.45) is 0 Å². The van der Waals surface area contributed by atoms with Crippen LogP contribution in [0, 0.1) is 25.2 Å². The van der Waals surface area contributed by atoms with Gasteiger partial charge in [0.2, 0.25) is 5.91 Å². The maximum Gasteiger partial charge on any atom is 0.224 e. The number of anilines is 1. The third-order valence-electron chi connectivity index (χ3n) is 4.32. The van der Waals surface area contributed by atoms with Crippen LogP contribution in [0.15, 0.2) is 12.1 Å². The van der Waals surface area contributed by atoms with E-state index < -0.39 is 0 Å². The van der Waals surface area contributed by atoms with E-state index in [1.807, 2.05) is 18.5 Å². The Labute approximate surface area is 163 Å². The summed E-state index contributed by atoms with van der Waals surface area (Å²) in [7, 11) is 3.03. The minimum atomic E-state index is -0.155. The molecule has 144 valence electrons. The van der Waals surface area contributed by atoms with Gasteiger partial charge in [0, 0.05) is 18.2 Å². The molecule has 0 aliphatic rings. The summed E-state index contributed by atoms with van der Waals surface area (Å²) in [5, 5.41) is 16.4. The Morgan fingerprint density at radius 2 is 2.00 bits per heavy atom. The molecule has 0 atom stereocenters. The van der Waals surface area contributed by atoms with Gasteiger partial charge in [-0.25, -0.2) is 0 Å². The highest BCUT2D eigenvalue weighted by Crippen LogP contribution is 2.36. The largest absolute Gasteiger partial charge is 0.495 e. The van der Waals surface area contributed by atoms with E-state index in [2.05, 4.69) is 16.5 Å². The fourth-order valence-corrected chi connectivity index (χ4v) is 3.12. The molecule has 2 aromatic rings. The molecule has 27 heavy (non-hydrogen) atoms. The van der Waals surface area contributed by atoms with Crippen molar-refractivity contribution in [2.75, 3.05) is 19.5 Å². The molecule has 0 spiro atoms. The molecule has 0 aliphatic heterocycles. The summed E-state index contributed by atoms with van der Waals surface area (Å²) in [4.78, 5) is 12.4. The van der Waals surface area contributed by atoms with Crippen molar-refractivity contribution in [1.82, 2.24) is 9.78 Å². The number of ether oxygens (including phenoxy) is 2. The highest BCUT2D eigenvalue weighted by atomic mass is 35.5. The van der Waals surface area contributed by atoms with Gasteiger partial charge >= 0.3 is 0 Å². The lowest BCUT2D eigenvalue weighted by atomic mass is 10.1. The van der Waals surface area contributed by atoms with Crippen LogP contribution in [0.25, 0.3) is 0 Å². The van der Waals surface area contributed by atoms with E-state index in [4.69, 9.17) is 26.3 Å². The van der Waals surface area contributed by atoms with Crippen LogP contribution >= 0.6 is 11.6 Å². The van der Waals surface area contributed by atoms with Gasteiger partial charge in [0.05, 0.1) is 49.7 Å². The predicted octanol–water partition coefficient (Wildman–Crippen LogP) is 3.66. The molecule has 0 saturated heterocycles. The molecule has 0 fully saturated rings. The quantitative estimate of drug-likeness (QED) is 0.743. The first kappa shape index (κ1) is 20.6. The molecule has 1 aromatic carbocycles. The summed E-state index contributed by atoms with van der Waals surface area (Å²) in [5.74, 6) is 0.793. The topological polar surface area (TPSA) is 89.2 Å². The van der Waals surface area contributed by atoms with Crippen molar-refractivity contribution in [3.63, 3.8) is 0 Å². The number of carbonyl (C=O) groups excluding carboxylic acids is 1. The number of aromatic nitrogens is 2. The van der Waals surface area contributed by atoms with Gasteiger partial charge in [-0.05, 0) is 31.9 Å². The Balaban J connectivity index is 2.06. The van der Waals surface area contributed by atoms with Crippen LogP contribution in [0.2, 0.25) is 5.02 Å². The smallest absolute Gasteiger partial charge is 0.224 e. The second-order valence-corrected chi connectivity index (χ2v) is 6.42. The van der Waals surface area contributed by atoms with Gasteiger partial charge in [0.15, 0.2) is 0 Å². The van der Waals surface area contributed by atoms with Crippen molar-refractivity contribution in [1.29, 1.82) is 5.26 Å². The Hall–Kier alpha value is -2.72. The van der Waals surface area contributed by atoms with Crippen molar-refractivity contribution in [3.05, 3.63) is 34.1 Å². The molecule has 0 unspecified atom stereocenters. The third-order valence-corrected chi connectivity index (χ3v) is 4.61. The maximum absolute atomic E-state index is 12.4. The summed E-state index contributed by atoms with van der Waals surface area (Å²) >= 11 is 6.14. The lowest BCUT2D eigenvalue weighted by Gasteiger charge is -2.13. The standard InChI is InChI=1S/C19H23ClN4O3/c1-12-14(13(2)24(23-12)9-5-8-21)6-7-19(25)22-16-10-15(20)17(26-3)11-18(16)27-4/h10-11H,5-7,9H2,1-4H3,(H,22,25). The van der Waals surface area contributed by atoms with Crippen LogP contribution in [0.1, 0.15) is 29.8 Å². The van der Waals surface area contributed by atoms with Gasteiger partial charge in [0.1, 0.15) is 11.5 Å². The number of rotatable bonds is 8. The number of methoxy groups -OCH3 is 2.